The van der Waals surface area contributed by atoms with Crippen LogP contribution in [0.25, 0.3) is 22.6 Å². The van der Waals surface area contributed by atoms with E-state index in [4.69, 9.17) is 28.2 Å². The number of nitrogens with zero attached hydrogens (tertiary/aromatic N) is 3. The molecule has 4 rings (SSSR count). The maximum atomic E-state index is 12.9. The molecule has 0 atom stereocenters. The van der Waals surface area contributed by atoms with Crippen LogP contribution in [0.15, 0.2) is 60.7 Å². The molecular formula is C23H17Cl2F3N4. The topological polar surface area (TPSA) is 54.5 Å². The molecule has 32 heavy (non-hydrogen) atoms. The lowest BCUT2D eigenvalue weighted by Crippen LogP contribution is -2.22. The van der Waals surface area contributed by atoms with Gasteiger partial charge in [-0.05, 0) is 62.4 Å². The molecular weight excluding hydrogens is 460 g/mol. The molecule has 0 saturated heterocycles. The molecule has 0 aliphatic heterocycles. The maximum absolute atomic E-state index is 12.9. The number of pyridine rings is 2. The molecule has 0 fully saturated rings. The summed E-state index contributed by atoms with van der Waals surface area (Å²) in [6, 6.07) is 16.9. The fourth-order valence-electron chi connectivity index (χ4n) is 3.28. The Balaban J connectivity index is 1.71. The minimum absolute atomic E-state index is 0.115. The Morgan fingerprint density at radius 1 is 0.781 bits per heavy atom. The van der Waals surface area contributed by atoms with Crippen molar-refractivity contribution in [1.29, 1.82) is 0 Å². The van der Waals surface area contributed by atoms with E-state index >= 15 is 0 Å². The summed E-state index contributed by atoms with van der Waals surface area (Å²) in [5.74, 6) is 0. The molecule has 0 radical (unpaired) electrons. The van der Waals surface area contributed by atoms with Crippen molar-refractivity contribution in [1.82, 2.24) is 20.2 Å². The van der Waals surface area contributed by atoms with Crippen molar-refractivity contribution >= 4 is 23.2 Å². The van der Waals surface area contributed by atoms with Gasteiger partial charge in [0.15, 0.2) is 0 Å². The normalized spacial score (nSPS) is 12.2. The van der Waals surface area contributed by atoms with Crippen LogP contribution in [0.3, 0.4) is 0 Å². The Kier molecular flexibility index (Phi) is 5.73. The van der Waals surface area contributed by atoms with Crippen LogP contribution >= 0.6 is 23.2 Å². The molecule has 4 aromatic rings. The molecule has 0 aliphatic carbocycles. The number of rotatable bonds is 4. The van der Waals surface area contributed by atoms with Crippen molar-refractivity contribution in [2.24, 2.45) is 0 Å². The average Bonchev–Trinajstić information content (AvgIpc) is 3.25. The average molecular weight is 477 g/mol. The Morgan fingerprint density at radius 2 is 1.41 bits per heavy atom. The number of halogens is 5. The van der Waals surface area contributed by atoms with Crippen LogP contribution in [0.4, 0.5) is 13.2 Å². The summed E-state index contributed by atoms with van der Waals surface area (Å²) in [6.07, 6.45) is -4.50. The largest absolute Gasteiger partial charge is 0.432 e. The Bertz CT molecular complexity index is 1280. The number of hydrogen-bond acceptors (Lipinski definition) is 3. The zero-order chi connectivity index (χ0) is 23.1. The first-order valence-electron chi connectivity index (χ1n) is 9.59. The van der Waals surface area contributed by atoms with Crippen molar-refractivity contribution < 1.29 is 13.2 Å². The van der Waals surface area contributed by atoms with E-state index in [-0.39, 0.29) is 5.69 Å². The molecule has 164 valence electrons. The smallest absolute Gasteiger partial charge is 0.273 e. The Morgan fingerprint density at radius 3 is 2.00 bits per heavy atom. The number of hydrogen-bond donors (Lipinski definition) is 1. The Hall–Kier alpha value is -2.90. The summed E-state index contributed by atoms with van der Waals surface area (Å²) in [5.41, 5.74) is 1.66. The third kappa shape index (κ3) is 4.36. The van der Waals surface area contributed by atoms with Crippen molar-refractivity contribution in [2.75, 3.05) is 0 Å². The molecule has 0 aliphatic rings. The van der Waals surface area contributed by atoms with Crippen LogP contribution in [-0.4, -0.2) is 20.2 Å². The van der Waals surface area contributed by atoms with Gasteiger partial charge in [-0.25, -0.2) is 0 Å². The molecule has 0 spiro atoms. The predicted molar refractivity (Wildman–Crippen MR) is 119 cm³/mol. The van der Waals surface area contributed by atoms with Gasteiger partial charge in [0.25, 0.3) is 0 Å². The lowest BCUT2D eigenvalue weighted by atomic mass is 9.84. The minimum atomic E-state index is -4.50. The second-order valence-electron chi connectivity index (χ2n) is 7.73. The van der Waals surface area contributed by atoms with E-state index < -0.39 is 17.3 Å². The van der Waals surface area contributed by atoms with Gasteiger partial charge in [-0.3, -0.25) is 15.1 Å². The van der Waals surface area contributed by atoms with Crippen LogP contribution in [-0.2, 0) is 11.6 Å². The highest BCUT2D eigenvalue weighted by Gasteiger charge is 2.33. The van der Waals surface area contributed by atoms with Crippen molar-refractivity contribution in [2.45, 2.75) is 25.4 Å². The van der Waals surface area contributed by atoms with Gasteiger partial charge in [-0.2, -0.15) is 18.3 Å². The summed E-state index contributed by atoms with van der Waals surface area (Å²) in [6.45, 7) is 3.89. The summed E-state index contributed by atoms with van der Waals surface area (Å²) >= 11 is 12.3. The number of H-pyrrole nitrogens is 1. The number of alkyl halides is 3. The lowest BCUT2D eigenvalue weighted by molar-refractivity contribution is -0.141. The fourth-order valence-corrected chi connectivity index (χ4v) is 3.79. The highest BCUT2D eigenvalue weighted by atomic mass is 35.5. The highest BCUT2D eigenvalue weighted by molar-refractivity contribution is 6.36. The quantitative estimate of drug-likeness (QED) is 0.339. The molecule has 0 amide bonds. The zero-order valence-corrected chi connectivity index (χ0v) is 18.5. The Labute approximate surface area is 192 Å². The summed E-state index contributed by atoms with van der Waals surface area (Å²) in [7, 11) is 0. The van der Waals surface area contributed by atoms with E-state index in [0.29, 0.717) is 27.1 Å². The van der Waals surface area contributed by atoms with Gasteiger partial charge in [0.2, 0.25) is 0 Å². The van der Waals surface area contributed by atoms with Crippen LogP contribution < -0.4 is 0 Å². The zero-order valence-electron chi connectivity index (χ0n) is 17.0. The standard InChI is InChI=1S/C23H17Cl2F3N4/c1-22(2,19-7-3-5-16(29-19)14-10-9-13(24)11-15(14)25)20-8-4-6-17(30-20)18-12-21(32-31-18)23(26,27)28/h3-12H,1-2H3,(H,31,32). The minimum Gasteiger partial charge on any atom is -0.273 e. The predicted octanol–water partition coefficient (Wildman–Crippen LogP) is 7.19. The molecule has 1 aromatic carbocycles. The first-order chi connectivity index (χ1) is 15.1. The number of nitrogens with one attached hydrogen (secondary N) is 1. The second-order valence-corrected chi connectivity index (χ2v) is 8.57. The van der Waals surface area contributed by atoms with Gasteiger partial charge >= 0.3 is 6.18 Å². The lowest BCUT2D eigenvalue weighted by Gasteiger charge is -2.24. The van der Waals surface area contributed by atoms with E-state index in [9.17, 15) is 13.2 Å². The van der Waals surface area contributed by atoms with Crippen LogP contribution in [0.2, 0.25) is 10.0 Å². The van der Waals surface area contributed by atoms with Crippen molar-refractivity contribution in [3.8, 4) is 22.6 Å². The number of aromatic nitrogens is 4. The van der Waals surface area contributed by atoms with Gasteiger partial charge in [0.05, 0.1) is 27.8 Å². The van der Waals surface area contributed by atoms with Crippen LogP contribution in [0.1, 0.15) is 30.9 Å². The van der Waals surface area contributed by atoms with Crippen molar-refractivity contribution in [3.63, 3.8) is 0 Å². The molecule has 1 N–H and O–H groups in total. The molecule has 0 unspecified atom stereocenters. The summed E-state index contributed by atoms with van der Waals surface area (Å²) in [5, 5.41) is 6.81. The molecule has 9 heteroatoms. The van der Waals surface area contributed by atoms with Crippen molar-refractivity contribution in [3.05, 3.63) is 87.8 Å². The third-order valence-corrected chi connectivity index (χ3v) is 5.68. The van der Waals surface area contributed by atoms with Gasteiger partial charge in [0.1, 0.15) is 11.4 Å². The van der Waals surface area contributed by atoms with E-state index in [1.165, 1.54) is 0 Å². The summed E-state index contributed by atoms with van der Waals surface area (Å²) < 4.78 is 38.8. The monoisotopic (exact) mass is 476 g/mol. The molecule has 3 aromatic heterocycles. The molecule has 0 bridgehead atoms. The van der Waals surface area contributed by atoms with Gasteiger partial charge in [-0.1, -0.05) is 35.3 Å². The number of benzene rings is 1. The first-order valence-corrected chi connectivity index (χ1v) is 10.3. The fraction of sp³-hybridized carbons (Fsp3) is 0.174. The highest BCUT2D eigenvalue weighted by Crippen LogP contribution is 2.35. The molecule has 4 nitrogen and oxygen atoms in total. The maximum Gasteiger partial charge on any atom is 0.432 e. The molecule has 3 heterocycles. The SMILES string of the molecule is CC(C)(c1cccc(-c2cc(C(F)(F)F)[nH]n2)n1)c1cccc(-c2ccc(Cl)cc2Cl)n1. The molecule has 0 saturated carbocycles. The van der Waals surface area contributed by atoms with Gasteiger partial charge in [-0.15, -0.1) is 0 Å². The second kappa shape index (κ2) is 8.22. The van der Waals surface area contributed by atoms with Crippen LogP contribution in [0.5, 0.6) is 0 Å². The third-order valence-electron chi connectivity index (χ3n) is 5.13. The van der Waals surface area contributed by atoms with Crippen LogP contribution in [0, 0.1) is 0 Å². The van der Waals surface area contributed by atoms with E-state index in [2.05, 4.69) is 10.1 Å². The van der Waals surface area contributed by atoms with Gasteiger partial charge in [0, 0.05) is 16.0 Å². The van der Waals surface area contributed by atoms with E-state index in [0.717, 1.165) is 17.3 Å². The van der Waals surface area contributed by atoms with Gasteiger partial charge < -0.3 is 0 Å². The first kappa shape index (κ1) is 22.3. The van der Waals surface area contributed by atoms with E-state index in [1.54, 1.807) is 30.3 Å². The summed E-state index contributed by atoms with van der Waals surface area (Å²) in [4.78, 5) is 9.37. The van der Waals surface area contributed by atoms with E-state index in [1.807, 2.05) is 43.2 Å². The number of aromatic amines is 1.